The number of alkyl halides is 3. The van der Waals surface area contributed by atoms with Crippen LogP contribution in [0.1, 0.15) is 0 Å². The molecule has 2 rings (SSSR count). The fourth-order valence-electron chi connectivity index (χ4n) is 1.85. The largest absolute Gasteiger partial charge is 0.446 e. The van der Waals surface area contributed by atoms with Crippen LogP contribution >= 0.6 is 11.8 Å². The number of halogens is 4. The fraction of sp³-hybridized carbons (Fsp3) is 0.231. The van der Waals surface area contributed by atoms with Gasteiger partial charge < -0.3 is 10.4 Å². The molecule has 0 saturated heterocycles. The summed E-state index contributed by atoms with van der Waals surface area (Å²) in [5, 5.41) is 11.1. The lowest BCUT2D eigenvalue weighted by molar-refractivity contribution is -0.137. The van der Waals surface area contributed by atoms with Crippen molar-refractivity contribution in [3.8, 4) is 0 Å². The number of β-amino-alcohol motifs (C(OH)–C–C–N with tert-alkyl or cyclic N) is 1. The molecule has 1 aliphatic heterocycles. The van der Waals surface area contributed by atoms with E-state index in [1.165, 1.54) is 0 Å². The van der Waals surface area contributed by atoms with E-state index in [0.717, 1.165) is 23.1 Å². The number of amides is 2. The van der Waals surface area contributed by atoms with Crippen LogP contribution in [-0.2, 0) is 9.59 Å². The van der Waals surface area contributed by atoms with Crippen molar-refractivity contribution in [2.75, 3.05) is 18.5 Å². The van der Waals surface area contributed by atoms with E-state index < -0.39 is 41.5 Å². The predicted molar refractivity (Wildman–Crippen MR) is 73.8 cm³/mol. The number of imide groups is 1. The molecular formula is C13H10F4N2O3S. The highest BCUT2D eigenvalue weighted by atomic mass is 32.2. The second-order valence-electron chi connectivity index (χ2n) is 4.39. The lowest BCUT2D eigenvalue weighted by Crippen LogP contribution is -2.34. The molecule has 0 spiro atoms. The second kappa shape index (κ2) is 6.59. The number of rotatable bonds is 5. The third-order valence-corrected chi connectivity index (χ3v) is 3.50. The first-order valence-electron chi connectivity index (χ1n) is 6.22. The van der Waals surface area contributed by atoms with E-state index in [1.54, 1.807) is 0 Å². The Balaban J connectivity index is 2.14. The summed E-state index contributed by atoms with van der Waals surface area (Å²) >= 11 is -0.465. The van der Waals surface area contributed by atoms with Crippen molar-refractivity contribution in [3.05, 3.63) is 35.8 Å². The van der Waals surface area contributed by atoms with E-state index in [0.29, 0.717) is 6.07 Å². The third-order valence-electron chi connectivity index (χ3n) is 2.78. The van der Waals surface area contributed by atoms with Crippen molar-refractivity contribution in [2.45, 2.75) is 10.4 Å². The quantitative estimate of drug-likeness (QED) is 0.484. The third kappa shape index (κ3) is 4.23. The molecule has 124 valence electrons. The minimum Gasteiger partial charge on any atom is -0.395 e. The fourth-order valence-corrected chi connectivity index (χ4v) is 2.42. The van der Waals surface area contributed by atoms with E-state index in [4.69, 9.17) is 5.11 Å². The van der Waals surface area contributed by atoms with Crippen LogP contribution in [0.15, 0.2) is 34.9 Å². The topological polar surface area (TPSA) is 69.6 Å². The number of carbonyl (C=O) groups is 2. The number of benzene rings is 1. The Kier molecular flexibility index (Phi) is 4.95. The zero-order valence-electron chi connectivity index (χ0n) is 11.4. The highest BCUT2D eigenvalue weighted by Crippen LogP contribution is 2.37. The van der Waals surface area contributed by atoms with Crippen molar-refractivity contribution >= 4 is 29.3 Å². The Labute approximate surface area is 132 Å². The second-order valence-corrected chi connectivity index (χ2v) is 5.53. The van der Waals surface area contributed by atoms with E-state index in [2.05, 4.69) is 5.32 Å². The van der Waals surface area contributed by atoms with E-state index in [9.17, 15) is 27.2 Å². The van der Waals surface area contributed by atoms with Crippen molar-refractivity contribution in [3.63, 3.8) is 0 Å². The van der Waals surface area contributed by atoms with Crippen molar-refractivity contribution in [2.24, 2.45) is 0 Å². The van der Waals surface area contributed by atoms with Crippen LogP contribution in [0.4, 0.5) is 23.2 Å². The van der Waals surface area contributed by atoms with Gasteiger partial charge >= 0.3 is 5.51 Å². The van der Waals surface area contributed by atoms with Gasteiger partial charge in [-0.25, -0.2) is 4.39 Å². The predicted octanol–water partition coefficient (Wildman–Crippen LogP) is 2.09. The van der Waals surface area contributed by atoms with Crippen LogP contribution in [-0.4, -0.2) is 40.5 Å². The van der Waals surface area contributed by atoms with Crippen LogP contribution in [0.3, 0.4) is 0 Å². The van der Waals surface area contributed by atoms with Crippen molar-refractivity contribution < 1.29 is 32.3 Å². The van der Waals surface area contributed by atoms with Gasteiger partial charge in [-0.15, -0.1) is 0 Å². The van der Waals surface area contributed by atoms with Crippen LogP contribution in [0.25, 0.3) is 0 Å². The van der Waals surface area contributed by atoms with Crippen LogP contribution in [0, 0.1) is 5.82 Å². The van der Waals surface area contributed by atoms with Gasteiger partial charge in [0, 0.05) is 11.0 Å². The Hall–Kier alpha value is -2.07. The molecule has 0 unspecified atom stereocenters. The summed E-state index contributed by atoms with van der Waals surface area (Å²) in [7, 11) is 0. The van der Waals surface area contributed by atoms with E-state index in [-0.39, 0.29) is 22.8 Å². The van der Waals surface area contributed by atoms with Crippen LogP contribution in [0.5, 0.6) is 0 Å². The summed E-state index contributed by atoms with van der Waals surface area (Å²) in [5.74, 6) is -2.42. The van der Waals surface area contributed by atoms with Crippen LogP contribution in [0.2, 0.25) is 0 Å². The molecule has 1 aromatic rings. The van der Waals surface area contributed by atoms with Gasteiger partial charge in [0.2, 0.25) is 0 Å². The smallest absolute Gasteiger partial charge is 0.395 e. The van der Waals surface area contributed by atoms with Gasteiger partial charge in [-0.3, -0.25) is 14.5 Å². The molecule has 0 radical (unpaired) electrons. The lowest BCUT2D eigenvalue weighted by Gasteiger charge is -2.14. The summed E-state index contributed by atoms with van der Waals surface area (Å²) in [4.78, 5) is 23.8. The Morgan fingerprint density at radius 1 is 1.26 bits per heavy atom. The van der Waals surface area contributed by atoms with Crippen molar-refractivity contribution in [1.29, 1.82) is 0 Å². The first-order valence-corrected chi connectivity index (χ1v) is 7.03. The van der Waals surface area contributed by atoms with Gasteiger partial charge in [0.1, 0.15) is 11.5 Å². The molecule has 23 heavy (non-hydrogen) atoms. The molecule has 1 aliphatic rings. The number of aliphatic hydroxyl groups excluding tert-OH is 1. The van der Waals surface area contributed by atoms with Gasteiger partial charge in [0.15, 0.2) is 0 Å². The average Bonchev–Trinajstić information content (AvgIpc) is 2.68. The zero-order valence-corrected chi connectivity index (χ0v) is 12.2. The van der Waals surface area contributed by atoms with Crippen LogP contribution < -0.4 is 5.32 Å². The first kappa shape index (κ1) is 17.3. The Morgan fingerprint density at radius 3 is 2.52 bits per heavy atom. The number of nitrogens with zero attached hydrogens (tertiary/aromatic N) is 1. The Morgan fingerprint density at radius 2 is 1.96 bits per heavy atom. The molecule has 1 heterocycles. The summed E-state index contributed by atoms with van der Waals surface area (Å²) in [6.07, 6.45) is 0.926. The zero-order chi connectivity index (χ0) is 17.2. The Bertz CT molecular complexity index is 676. The molecule has 0 aromatic heterocycles. The SMILES string of the molecule is O=C1C=C(Nc2ccc(SC(F)(F)F)cc2F)C(=O)N1CCO. The van der Waals surface area contributed by atoms with E-state index >= 15 is 0 Å². The number of hydrogen-bond acceptors (Lipinski definition) is 5. The highest BCUT2D eigenvalue weighted by Gasteiger charge is 2.32. The van der Waals surface area contributed by atoms with Gasteiger partial charge in [-0.2, -0.15) is 13.2 Å². The monoisotopic (exact) mass is 350 g/mol. The van der Waals surface area contributed by atoms with E-state index in [1.807, 2.05) is 0 Å². The number of hydrogen-bond donors (Lipinski definition) is 2. The molecule has 0 saturated carbocycles. The highest BCUT2D eigenvalue weighted by molar-refractivity contribution is 8.00. The molecule has 2 amide bonds. The normalized spacial score (nSPS) is 15.2. The molecule has 0 bridgehead atoms. The number of thioether (sulfide) groups is 1. The standard InChI is InChI=1S/C13H10F4N2O3S/c14-8-5-7(23-13(15,16)17)1-2-9(8)18-10-6-11(21)19(3-4-20)12(10)22/h1-2,5-6,18,20H,3-4H2. The molecule has 2 N–H and O–H groups in total. The average molecular weight is 350 g/mol. The summed E-state index contributed by atoms with van der Waals surface area (Å²) in [5.41, 5.74) is -5.00. The maximum Gasteiger partial charge on any atom is 0.446 e. The number of nitrogens with one attached hydrogen (secondary N) is 1. The number of anilines is 1. The molecule has 0 fully saturated rings. The lowest BCUT2D eigenvalue weighted by atomic mass is 10.3. The first-order chi connectivity index (χ1) is 10.7. The maximum atomic E-state index is 13.8. The van der Waals surface area contributed by atoms with Gasteiger partial charge in [0.25, 0.3) is 11.8 Å². The summed E-state index contributed by atoms with van der Waals surface area (Å²) in [6.45, 7) is -0.626. The van der Waals surface area contributed by atoms with Gasteiger partial charge in [0.05, 0.1) is 18.8 Å². The molecular weight excluding hydrogens is 340 g/mol. The minimum atomic E-state index is -4.54. The molecule has 1 aromatic carbocycles. The summed E-state index contributed by atoms with van der Waals surface area (Å²) < 4.78 is 50.5. The minimum absolute atomic E-state index is 0.205. The van der Waals surface area contributed by atoms with Crippen molar-refractivity contribution in [1.82, 2.24) is 4.90 Å². The number of aliphatic hydroxyl groups is 1. The molecule has 0 aliphatic carbocycles. The molecule has 0 atom stereocenters. The maximum absolute atomic E-state index is 13.8. The number of carbonyl (C=O) groups excluding carboxylic acids is 2. The van der Waals surface area contributed by atoms with Gasteiger partial charge in [-0.05, 0) is 30.0 Å². The van der Waals surface area contributed by atoms with Gasteiger partial charge in [-0.1, -0.05) is 0 Å². The molecule has 10 heteroatoms. The molecule has 5 nitrogen and oxygen atoms in total. The summed E-state index contributed by atoms with van der Waals surface area (Å²) in [6, 6.07) is 2.75.